The molecule has 1 saturated heterocycles. The van der Waals surface area contributed by atoms with Gasteiger partial charge in [0.1, 0.15) is 11.5 Å². The molecule has 8 heteroatoms. The number of rotatable bonds is 4. The molecule has 3 aromatic rings. The van der Waals surface area contributed by atoms with E-state index in [1.807, 2.05) is 12.1 Å². The van der Waals surface area contributed by atoms with Crippen LogP contribution in [0.3, 0.4) is 0 Å². The van der Waals surface area contributed by atoms with Crippen LogP contribution in [0, 0.1) is 0 Å². The predicted molar refractivity (Wildman–Crippen MR) is 89.6 cm³/mol. The maximum absolute atomic E-state index is 12.8. The van der Waals surface area contributed by atoms with Gasteiger partial charge >= 0.3 is 0 Å². The highest BCUT2D eigenvalue weighted by molar-refractivity contribution is 5.92. The van der Waals surface area contributed by atoms with Crippen molar-refractivity contribution in [3.8, 4) is 11.3 Å². The summed E-state index contributed by atoms with van der Waals surface area (Å²) in [7, 11) is 1.66. The Morgan fingerprint density at radius 1 is 1.32 bits per heavy atom. The number of carbonyl (C=O) groups excluding carboxylic acids is 1. The number of hydrogen-bond donors (Lipinski definition) is 2. The minimum Gasteiger partial charge on any atom is -0.380 e. The lowest BCUT2D eigenvalue weighted by Crippen LogP contribution is -2.32. The molecule has 1 fully saturated rings. The van der Waals surface area contributed by atoms with Gasteiger partial charge in [-0.3, -0.25) is 14.9 Å². The highest BCUT2D eigenvalue weighted by Gasteiger charge is 2.38. The van der Waals surface area contributed by atoms with Crippen molar-refractivity contribution in [2.24, 2.45) is 0 Å². The van der Waals surface area contributed by atoms with Crippen LogP contribution in [0.5, 0.6) is 0 Å². The SMILES string of the molecule is CO[C@@H]1C[C@@H](c2ncc(-c3cccnc3)[nH]2)N(C(=O)c2ccn[nH]2)C1. The Kier molecular flexibility index (Phi) is 4.02. The number of hydrogen-bond acceptors (Lipinski definition) is 5. The van der Waals surface area contributed by atoms with Crippen LogP contribution in [0.25, 0.3) is 11.3 Å². The van der Waals surface area contributed by atoms with Gasteiger partial charge in [-0.05, 0) is 18.2 Å². The molecule has 4 rings (SSSR count). The fraction of sp³-hybridized carbons (Fsp3) is 0.294. The van der Waals surface area contributed by atoms with Crippen LogP contribution in [0.15, 0.2) is 43.0 Å². The van der Waals surface area contributed by atoms with Crippen molar-refractivity contribution in [1.29, 1.82) is 0 Å². The van der Waals surface area contributed by atoms with Crippen molar-refractivity contribution in [3.05, 3.63) is 54.5 Å². The van der Waals surface area contributed by atoms with Gasteiger partial charge in [-0.15, -0.1) is 0 Å². The largest absolute Gasteiger partial charge is 0.380 e. The molecule has 3 aromatic heterocycles. The first-order chi connectivity index (χ1) is 12.3. The Hall–Kier alpha value is -3.00. The highest BCUT2D eigenvalue weighted by Crippen LogP contribution is 2.33. The van der Waals surface area contributed by atoms with E-state index in [1.165, 1.54) is 0 Å². The van der Waals surface area contributed by atoms with Crippen LogP contribution in [-0.2, 0) is 4.74 Å². The third kappa shape index (κ3) is 2.91. The van der Waals surface area contributed by atoms with Crippen LogP contribution in [-0.4, -0.2) is 55.7 Å². The molecule has 0 saturated carbocycles. The number of nitrogens with zero attached hydrogens (tertiary/aromatic N) is 4. The minimum absolute atomic E-state index is 0.0242. The number of H-pyrrole nitrogens is 2. The molecule has 8 nitrogen and oxygen atoms in total. The van der Waals surface area contributed by atoms with Gasteiger partial charge in [0, 0.05) is 44.2 Å². The predicted octanol–water partition coefficient (Wildman–Crippen LogP) is 1.80. The fourth-order valence-corrected chi connectivity index (χ4v) is 3.16. The first-order valence-corrected chi connectivity index (χ1v) is 8.04. The summed E-state index contributed by atoms with van der Waals surface area (Å²) in [5.41, 5.74) is 2.28. The molecule has 2 N–H and O–H groups in total. The van der Waals surface area contributed by atoms with E-state index in [0.717, 1.165) is 17.1 Å². The first-order valence-electron chi connectivity index (χ1n) is 8.04. The van der Waals surface area contributed by atoms with Crippen LogP contribution < -0.4 is 0 Å². The van der Waals surface area contributed by atoms with Crippen molar-refractivity contribution in [2.75, 3.05) is 13.7 Å². The summed E-state index contributed by atoms with van der Waals surface area (Å²) < 4.78 is 5.48. The van der Waals surface area contributed by atoms with Crippen molar-refractivity contribution in [2.45, 2.75) is 18.6 Å². The lowest BCUT2D eigenvalue weighted by Gasteiger charge is -2.22. The van der Waals surface area contributed by atoms with E-state index in [-0.39, 0.29) is 18.1 Å². The molecule has 0 radical (unpaired) electrons. The zero-order chi connectivity index (χ0) is 17.2. The Bertz CT molecular complexity index is 845. The van der Waals surface area contributed by atoms with Gasteiger partial charge in [-0.25, -0.2) is 4.98 Å². The zero-order valence-electron chi connectivity index (χ0n) is 13.7. The second-order valence-corrected chi connectivity index (χ2v) is 5.96. The third-order valence-corrected chi connectivity index (χ3v) is 4.47. The number of carbonyl (C=O) groups is 1. The zero-order valence-corrected chi connectivity index (χ0v) is 13.7. The number of ether oxygens (including phenoxy) is 1. The Labute approximate surface area is 144 Å². The summed E-state index contributed by atoms with van der Waals surface area (Å²) in [6, 6.07) is 5.33. The molecule has 128 valence electrons. The van der Waals surface area contributed by atoms with E-state index < -0.39 is 0 Å². The minimum atomic E-state index is -0.175. The van der Waals surface area contributed by atoms with E-state index in [0.29, 0.717) is 18.7 Å². The summed E-state index contributed by atoms with van der Waals surface area (Å²) in [6.07, 6.45) is 7.51. The maximum atomic E-state index is 12.8. The lowest BCUT2D eigenvalue weighted by atomic mass is 10.2. The van der Waals surface area contributed by atoms with E-state index in [4.69, 9.17) is 4.74 Å². The second-order valence-electron chi connectivity index (χ2n) is 5.96. The average Bonchev–Trinajstić information content (AvgIpc) is 3.41. The number of aromatic amines is 2. The molecular formula is C17H18N6O2. The van der Waals surface area contributed by atoms with Crippen LogP contribution in [0.4, 0.5) is 0 Å². The molecule has 1 aliphatic heterocycles. The molecule has 0 spiro atoms. The molecule has 0 aliphatic carbocycles. The van der Waals surface area contributed by atoms with Crippen molar-refractivity contribution in [3.63, 3.8) is 0 Å². The van der Waals surface area contributed by atoms with Crippen molar-refractivity contribution in [1.82, 2.24) is 30.0 Å². The van der Waals surface area contributed by atoms with Crippen molar-refractivity contribution < 1.29 is 9.53 Å². The van der Waals surface area contributed by atoms with Crippen molar-refractivity contribution >= 4 is 5.91 Å². The van der Waals surface area contributed by atoms with E-state index in [2.05, 4.69) is 25.1 Å². The Balaban J connectivity index is 1.63. The van der Waals surface area contributed by atoms with E-state index >= 15 is 0 Å². The summed E-state index contributed by atoms with van der Waals surface area (Å²) in [4.78, 5) is 26.5. The Morgan fingerprint density at radius 2 is 2.24 bits per heavy atom. The van der Waals surface area contributed by atoms with Gasteiger partial charge in [-0.1, -0.05) is 0 Å². The van der Waals surface area contributed by atoms with Gasteiger partial charge in [0.15, 0.2) is 0 Å². The van der Waals surface area contributed by atoms with Crippen LogP contribution in [0.2, 0.25) is 0 Å². The van der Waals surface area contributed by atoms with Gasteiger partial charge in [0.25, 0.3) is 5.91 Å². The van der Waals surface area contributed by atoms with E-state index in [1.54, 1.807) is 42.9 Å². The summed E-state index contributed by atoms with van der Waals surface area (Å²) in [5.74, 6) is 0.632. The average molecular weight is 338 g/mol. The number of pyridine rings is 1. The van der Waals surface area contributed by atoms with Gasteiger partial charge < -0.3 is 14.6 Å². The maximum Gasteiger partial charge on any atom is 0.272 e. The topological polar surface area (TPSA) is 99.8 Å². The van der Waals surface area contributed by atoms with Gasteiger partial charge in [0.05, 0.1) is 24.0 Å². The van der Waals surface area contributed by atoms with Gasteiger partial charge in [0.2, 0.25) is 0 Å². The second kappa shape index (κ2) is 6.48. The molecular weight excluding hydrogens is 320 g/mol. The molecule has 0 bridgehead atoms. The number of imidazole rings is 1. The number of methoxy groups -OCH3 is 1. The third-order valence-electron chi connectivity index (χ3n) is 4.47. The number of likely N-dealkylation sites (tertiary alicyclic amines) is 1. The number of aromatic nitrogens is 5. The fourth-order valence-electron chi connectivity index (χ4n) is 3.16. The van der Waals surface area contributed by atoms with E-state index in [9.17, 15) is 4.79 Å². The molecule has 0 unspecified atom stereocenters. The molecule has 1 amide bonds. The molecule has 2 atom stereocenters. The van der Waals surface area contributed by atoms with Gasteiger partial charge in [-0.2, -0.15) is 5.10 Å². The quantitative estimate of drug-likeness (QED) is 0.755. The smallest absolute Gasteiger partial charge is 0.272 e. The number of nitrogens with one attached hydrogen (secondary N) is 2. The monoisotopic (exact) mass is 338 g/mol. The normalized spacial score (nSPS) is 20.1. The van der Waals surface area contributed by atoms with Crippen LogP contribution >= 0.6 is 0 Å². The summed E-state index contributed by atoms with van der Waals surface area (Å²) >= 11 is 0. The summed E-state index contributed by atoms with van der Waals surface area (Å²) in [5, 5.41) is 6.59. The Morgan fingerprint density at radius 3 is 2.96 bits per heavy atom. The first kappa shape index (κ1) is 15.5. The molecule has 1 aliphatic rings. The summed E-state index contributed by atoms with van der Waals surface area (Å²) in [6.45, 7) is 0.516. The molecule has 4 heterocycles. The number of amides is 1. The molecule has 25 heavy (non-hydrogen) atoms. The lowest BCUT2D eigenvalue weighted by molar-refractivity contribution is 0.0679. The molecule has 0 aromatic carbocycles. The standard InChI is InChI=1S/C17H18N6O2/c1-25-12-7-15(23(10-12)17(24)13-4-6-20-22-13)16-19-9-14(21-16)11-3-2-5-18-8-11/h2-6,8-9,12,15H,7,10H2,1H3,(H,19,21)(H,20,22)/t12-,15+/m1/s1. The highest BCUT2D eigenvalue weighted by atomic mass is 16.5. The van der Waals surface area contributed by atoms with Crippen LogP contribution in [0.1, 0.15) is 28.8 Å².